The van der Waals surface area contributed by atoms with Crippen LogP contribution in [0, 0.1) is 5.82 Å². The van der Waals surface area contributed by atoms with Crippen molar-refractivity contribution in [3.8, 4) is 0 Å². The second-order valence-corrected chi connectivity index (χ2v) is 7.03. The van der Waals surface area contributed by atoms with Crippen LogP contribution in [0.25, 0.3) is 0 Å². The number of rotatable bonds is 5. The number of urea groups is 1. The van der Waals surface area contributed by atoms with E-state index in [9.17, 15) is 19.1 Å². The standard InChI is InChI=1S/C20H26FN3O4/c21-15-6-2-3-7-16(15)22-20(27)23-17-9-8-14(28-18(17)13-25)12-19(26)24-10-4-1-5-11-24/h2-3,6-9,14,17-18,25H,1,4-5,10-13H2,(H2,22,23,27)/t14-,17-,18-/m1/s1. The molecule has 0 aromatic heterocycles. The van der Waals surface area contributed by atoms with Gasteiger partial charge in [0.05, 0.1) is 30.9 Å². The first-order valence-electron chi connectivity index (χ1n) is 9.61. The summed E-state index contributed by atoms with van der Waals surface area (Å²) in [4.78, 5) is 26.4. The van der Waals surface area contributed by atoms with Gasteiger partial charge in [0.1, 0.15) is 11.9 Å². The Kier molecular flexibility index (Phi) is 7.00. The number of halogens is 1. The van der Waals surface area contributed by atoms with Crippen LogP contribution in [-0.2, 0) is 9.53 Å². The molecule has 0 spiro atoms. The molecule has 1 fully saturated rings. The molecule has 1 saturated heterocycles. The molecule has 2 heterocycles. The van der Waals surface area contributed by atoms with Gasteiger partial charge in [0.25, 0.3) is 0 Å². The van der Waals surface area contributed by atoms with Gasteiger partial charge in [-0.2, -0.15) is 0 Å². The zero-order chi connectivity index (χ0) is 19.9. The molecule has 1 aromatic carbocycles. The average Bonchev–Trinajstić information content (AvgIpc) is 2.71. The van der Waals surface area contributed by atoms with Crippen molar-refractivity contribution in [2.75, 3.05) is 25.0 Å². The van der Waals surface area contributed by atoms with Crippen molar-refractivity contribution in [2.45, 2.75) is 43.9 Å². The Morgan fingerprint density at radius 1 is 1.18 bits per heavy atom. The molecule has 0 aliphatic carbocycles. The van der Waals surface area contributed by atoms with E-state index < -0.39 is 30.1 Å². The van der Waals surface area contributed by atoms with Gasteiger partial charge in [0.15, 0.2) is 0 Å². The molecule has 0 bridgehead atoms. The summed E-state index contributed by atoms with van der Waals surface area (Å²) in [6.45, 7) is 1.24. The van der Waals surface area contributed by atoms with Crippen LogP contribution in [0.2, 0.25) is 0 Å². The SMILES string of the molecule is O=C(Nc1ccccc1F)N[C@@H]1C=C[C@H](CC(=O)N2CCCCC2)O[C@@H]1CO. The lowest BCUT2D eigenvalue weighted by Gasteiger charge is -2.33. The van der Waals surface area contributed by atoms with Gasteiger partial charge in [-0.1, -0.05) is 24.3 Å². The van der Waals surface area contributed by atoms with E-state index in [0.29, 0.717) is 0 Å². The van der Waals surface area contributed by atoms with E-state index in [4.69, 9.17) is 4.74 Å². The number of piperidine rings is 1. The van der Waals surface area contributed by atoms with Crippen molar-refractivity contribution in [2.24, 2.45) is 0 Å². The number of amides is 3. The molecule has 2 aliphatic heterocycles. The molecule has 152 valence electrons. The van der Waals surface area contributed by atoms with Crippen LogP contribution in [0.4, 0.5) is 14.9 Å². The minimum Gasteiger partial charge on any atom is -0.394 e. The third-order valence-electron chi connectivity index (χ3n) is 4.97. The Hall–Kier alpha value is -2.45. The fourth-order valence-corrected chi connectivity index (χ4v) is 3.45. The number of benzene rings is 1. The number of nitrogens with zero attached hydrogens (tertiary/aromatic N) is 1. The molecule has 28 heavy (non-hydrogen) atoms. The molecule has 3 amide bonds. The summed E-state index contributed by atoms with van der Waals surface area (Å²) in [7, 11) is 0. The van der Waals surface area contributed by atoms with Gasteiger partial charge in [-0.05, 0) is 31.4 Å². The third kappa shape index (κ3) is 5.30. The van der Waals surface area contributed by atoms with Gasteiger partial charge >= 0.3 is 6.03 Å². The van der Waals surface area contributed by atoms with Crippen molar-refractivity contribution in [1.82, 2.24) is 10.2 Å². The van der Waals surface area contributed by atoms with Crippen LogP contribution in [0.5, 0.6) is 0 Å². The minimum atomic E-state index is -0.685. The summed E-state index contributed by atoms with van der Waals surface area (Å²) in [5, 5.41) is 14.7. The van der Waals surface area contributed by atoms with E-state index >= 15 is 0 Å². The highest BCUT2D eigenvalue weighted by Crippen LogP contribution is 2.19. The maximum atomic E-state index is 13.6. The van der Waals surface area contributed by atoms with Crippen molar-refractivity contribution in [3.05, 3.63) is 42.2 Å². The van der Waals surface area contributed by atoms with E-state index in [1.165, 1.54) is 18.2 Å². The molecule has 7 nitrogen and oxygen atoms in total. The number of nitrogens with one attached hydrogen (secondary N) is 2. The Bertz CT molecular complexity index is 721. The fourth-order valence-electron chi connectivity index (χ4n) is 3.45. The van der Waals surface area contributed by atoms with Crippen LogP contribution in [-0.4, -0.2) is 59.9 Å². The number of anilines is 1. The van der Waals surface area contributed by atoms with Gasteiger partial charge in [0, 0.05) is 13.1 Å². The number of aliphatic hydroxyl groups excluding tert-OH is 1. The van der Waals surface area contributed by atoms with E-state index in [2.05, 4.69) is 10.6 Å². The molecular weight excluding hydrogens is 365 g/mol. The second kappa shape index (κ2) is 9.66. The predicted octanol–water partition coefficient (Wildman–Crippen LogP) is 2.03. The van der Waals surface area contributed by atoms with Gasteiger partial charge in [-0.3, -0.25) is 4.79 Å². The van der Waals surface area contributed by atoms with Crippen LogP contribution in [0.3, 0.4) is 0 Å². The fraction of sp³-hybridized carbons (Fsp3) is 0.500. The van der Waals surface area contributed by atoms with Crippen molar-refractivity contribution < 1.29 is 23.8 Å². The molecular formula is C20H26FN3O4. The van der Waals surface area contributed by atoms with Crippen LogP contribution >= 0.6 is 0 Å². The first kappa shape index (κ1) is 20.3. The highest BCUT2D eigenvalue weighted by Gasteiger charge is 2.30. The summed E-state index contributed by atoms with van der Waals surface area (Å²) in [6.07, 6.45) is 5.71. The molecule has 3 N–H and O–H groups in total. The number of aliphatic hydroxyl groups is 1. The summed E-state index contributed by atoms with van der Waals surface area (Å²) in [5.74, 6) is -0.502. The van der Waals surface area contributed by atoms with Crippen LogP contribution in [0.15, 0.2) is 36.4 Å². The zero-order valence-electron chi connectivity index (χ0n) is 15.6. The van der Waals surface area contributed by atoms with Crippen LogP contribution in [0.1, 0.15) is 25.7 Å². The average molecular weight is 391 g/mol. The molecule has 3 rings (SSSR count). The van der Waals surface area contributed by atoms with Gasteiger partial charge < -0.3 is 25.4 Å². The van der Waals surface area contributed by atoms with Gasteiger partial charge in [-0.15, -0.1) is 0 Å². The summed E-state index contributed by atoms with van der Waals surface area (Å²) < 4.78 is 19.4. The van der Waals surface area contributed by atoms with Crippen LogP contribution < -0.4 is 10.6 Å². The Morgan fingerprint density at radius 3 is 2.64 bits per heavy atom. The number of hydrogen-bond donors (Lipinski definition) is 3. The third-order valence-corrected chi connectivity index (χ3v) is 4.97. The Labute approximate surface area is 163 Å². The quantitative estimate of drug-likeness (QED) is 0.670. The summed E-state index contributed by atoms with van der Waals surface area (Å²) >= 11 is 0. The van der Waals surface area contributed by atoms with E-state index in [1.807, 2.05) is 4.90 Å². The maximum Gasteiger partial charge on any atom is 0.319 e. The second-order valence-electron chi connectivity index (χ2n) is 7.03. The molecule has 3 atom stereocenters. The smallest absolute Gasteiger partial charge is 0.319 e. The monoisotopic (exact) mass is 391 g/mol. The lowest BCUT2D eigenvalue weighted by molar-refractivity contribution is -0.136. The Morgan fingerprint density at radius 2 is 1.93 bits per heavy atom. The van der Waals surface area contributed by atoms with Crippen molar-refractivity contribution >= 4 is 17.6 Å². The number of hydrogen-bond acceptors (Lipinski definition) is 4. The topological polar surface area (TPSA) is 90.9 Å². The normalized spacial score (nSPS) is 24.6. The highest BCUT2D eigenvalue weighted by atomic mass is 19.1. The number of para-hydroxylation sites is 1. The number of carbonyl (C=O) groups excluding carboxylic acids is 2. The molecule has 2 aliphatic rings. The number of carbonyl (C=O) groups is 2. The lowest BCUT2D eigenvalue weighted by atomic mass is 10.0. The van der Waals surface area contributed by atoms with E-state index in [0.717, 1.165) is 32.4 Å². The molecule has 0 unspecified atom stereocenters. The molecule has 0 radical (unpaired) electrons. The number of likely N-dealkylation sites (tertiary alicyclic amines) is 1. The predicted molar refractivity (Wildman–Crippen MR) is 102 cm³/mol. The molecule has 8 heteroatoms. The number of ether oxygens (including phenoxy) is 1. The summed E-state index contributed by atoms with van der Waals surface area (Å²) in [6, 6.07) is 4.65. The zero-order valence-corrected chi connectivity index (χ0v) is 15.6. The van der Waals surface area contributed by atoms with E-state index in [1.54, 1.807) is 18.2 Å². The van der Waals surface area contributed by atoms with Crippen molar-refractivity contribution in [1.29, 1.82) is 0 Å². The van der Waals surface area contributed by atoms with Gasteiger partial charge in [-0.25, -0.2) is 9.18 Å². The first-order chi connectivity index (χ1) is 13.6. The molecule has 0 saturated carbocycles. The lowest BCUT2D eigenvalue weighted by Crippen LogP contribution is -2.50. The minimum absolute atomic E-state index is 0.0368. The highest BCUT2D eigenvalue weighted by molar-refractivity contribution is 5.89. The largest absolute Gasteiger partial charge is 0.394 e. The van der Waals surface area contributed by atoms with Crippen molar-refractivity contribution in [3.63, 3.8) is 0 Å². The van der Waals surface area contributed by atoms with Gasteiger partial charge in [0.2, 0.25) is 5.91 Å². The Balaban J connectivity index is 1.54. The maximum absolute atomic E-state index is 13.6. The van der Waals surface area contributed by atoms with E-state index in [-0.39, 0.29) is 24.6 Å². The summed E-state index contributed by atoms with van der Waals surface area (Å²) in [5.41, 5.74) is 0.0614. The first-order valence-corrected chi connectivity index (χ1v) is 9.61. The molecule has 1 aromatic rings.